The van der Waals surface area contributed by atoms with Crippen molar-refractivity contribution < 1.29 is 18.3 Å². The number of halogens is 2. The number of rotatable bonds is 11. The SMILES string of the molecule is CCCOc1cc(N2CCC(N3CCCCC3)CC2)ccc1Nc1nccc(-c2c(-c3cccc(C(=O)Nc4c(F)cccc4F)c3)nc3ccccn23)n1. The van der Waals surface area contributed by atoms with Gasteiger partial charge in [-0.25, -0.2) is 23.7 Å². The number of carbonyl (C=O) groups excluding carboxylic acids is 1. The Kier molecular flexibility index (Phi) is 10.7. The number of nitrogens with one attached hydrogen (secondary N) is 2. The first-order chi connectivity index (χ1) is 26.9. The second-order valence-corrected chi connectivity index (χ2v) is 14.1. The van der Waals surface area contributed by atoms with Crippen LogP contribution in [0.2, 0.25) is 0 Å². The maximum absolute atomic E-state index is 14.3. The quantitative estimate of drug-likeness (QED) is 0.136. The van der Waals surface area contributed by atoms with Gasteiger partial charge < -0.3 is 25.2 Å². The van der Waals surface area contributed by atoms with Crippen molar-refractivity contribution >= 4 is 34.6 Å². The van der Waals surface area contributed by atoms with E-state index in [-0.39, 0.29) is 5.56 Å². The van der Waals surface area contributed by atoms with E-state index in [1.54, 1.807) is 24.4 Å². The number of benzene rings is 3. The zero-order valence-corrected chi connectivity index (χ0v) is 30.8. The molecule has 6 aromatic rings. The number of hydrogen-bond acceptors (Lipinski definition) is 8. The van der Waals surface area contributed by atoms with Crippen LogP contribution in [0.15, 0.2) is 97.3 Å². The molecule has 5 heterocycles. The zero-order chi connectivity index (χ0) is 37.7. The van der Waals surface area contributed by atoms with Gasteiger partial charge in [0.2, 0.25) is 5.95 Å². The van der Waals surface area contributed by atoms with Gasteiger partial charge in [-0.3, -0.25) is 9.20 Å². The van der Waals surface area contributed by atoms with Crippen LogP contribution in [0.25, 0.3) is 28.3 Å². The lowest BCUT2D eigenvalue weighted by Gasteiger charge is -2.41. The number of fused-ring (bicyclic) bond motifs is 1. The number of piperidine rings is 2. The first-order valence-electron chi connectivity index (χ1n) is 19.1. The van der Waals surface area contributed by atoms with Crippen LogP contribution < -0.4 is 20.3 Å². The molecule has 2 aliphatic heterocycles. The van der Waals surface area contributed by atoms with Crippen LogP contribution in [0.4, 0.5) is 31.8 Å². The molecule has 8 rings (SSSR count). The van der Waals surface area contributed by atoms with Crippen molar-refractivity contribution in [1.29, 1.82) is 0 Å². The van der Waals surface area contributed by atoms with Crippen molar-refractivity contribution in [3.8, 4) is 28.4 Å². The number of likely N-dealkylation sites (tertiary alicyclic amines) is 1. The third kappa shape index (κ3) is 7.86. The predicted octanol–water partition coefficient (Wildman–Crippen LogP) is 8.98. The van der Waals surface area contributed by atoms with Crippen LogP contribution in [0, 0.1) is 11.6 Å². The van der Waals surface area contributed by atoms with Crippen molar-refractivity contribution in [2.45, 2.75) is 51.5 Å². The first-order valence-corrected chi connectivity index (χ1v) is 19.1. The van der Waals surface area contributed by atoms with E-state index in [2.05, 4.69) is 44.5 Å². The minimum Gasteiger partial charge on any atom is -0.491 e. The normalized spacial score (nSPS) is 15.3. The van der Waals surface area contributed by atoms with Gasteiger partial charge in [0.05, 0.1) is 29.4 Å². The van der Waals surface area contributed by atoms with Crippen LogP contribution in [-0.4, -0.2) is 69.0 Å². The topological polar surface area (TPSA) is 99.9 Å². The van der Waals surface area contributed by atoms with Gasteiger partial charge >= 0.3 is 0 Å². The lowest BCUT2D eigenvalue weighted by Crippen LogP contribution is -2.46. The lowest BCUT2D eigenvalue weighted by molar-refractivity contribution is 0.102. The molecule has 0 spiro atoms. The minimum atomic E-state index is -0.858. The molecule has 0 radical (unpaired) electrons. The van der Waals surface area contributed by atoms with Gasteiger partial charge in [0, 0.05) is 54.4 Å². The lowest BCUT2D eigenvalue weighted by atomic mass is 9.99. The van der Waals surface area contributed by atoms with E-state index in [9.17, 15) is 13.6 Å². The van der Waals surface area contributed by atoms with Crippen LogP contribution in [-0.2, 0) is 0 Å². The van der Waals surface area contributed by atoms with Gasteiger partial charge in [0.1, 0.15) is 28.7 Å². The summed E-state index contributed by atoms with van der Waals surface area (Å²) in [5, 5.41) is 5.78. The molecule has 3 aromatic heterocycles. The molecule has 282 valence electrons. The molecule has 2 N–H and O–H groups in total. The van der Waals surface area contributed by atoms with Crippen molar-refractivity contribution in [2.24, 2.45) is 0 Å². The Morgan fingerprint density at radius 3 is 2.47 bits per heavy atom. The fraction of sp³-hybridized carbons (Fsp3) is 0.302. The number of anilines is 4. The maximum atomic E-state index is 14.3. The molecule has 3 aromatic carbocycles. The van der Waals surface area contributed by atoms with Gasteiger partial charge in [-0.15, -0.1) is 0 Å². The Bertz CT molecular complexity index is 2280. The molecule has 2 aliphatic rings. The zero-order valence-electron chi connectivity index (χ0n) is 30.8. The second-order valence-electron chi connectivity index (χ2n) is 14.1. The molecule has 0 atom stereocenters. The van der Waals surface area contributed by atoms with E-state index in [0.717, 1.165) is 48.8 Å². The highest BCUT2D eigenvalue weighted by Crippen LogP contribution is 2.36. The number of ether oxygens (including phenoxy) is 1. The number of carbonyl (C=O) groups is 1. The van der Waals surface area contributed by atoms with E-state index in [0.29, 0.717) is 46.9 Å². The summed E-state index contributed by atoms with van der Waals surface area (Å²) in [6, 6.07) is 24.7. The highest BCUT2D eigenvalue weighted by Gasteiger charge is 2.26. The van der Waals surface area contributed by atoms with E-state index >= 15 is 0 Å². The summed E-state index contributed by atoms with van der Waals surface area (Å²) in [5.74, 6) is -1.25. The first kappa shape index (κ1) is 36.1. The molecule has 0 bridgehead atoms. The molecule has 12 heteroatoms. The smallest absolute Gasteiger partial charge is 0.255 e. The Labute approximate surface area is 319 Å². The van der Waals surface area contributed by atoms with E-state index in [1.165, 1.54) is 51.3 Å². The summed E-state index contributed by atoms with van der Waals surface area (Å²) < 4.78 is 36.9. The number of para-hydroxylation sites is 1. The molecule has 55 heavy (non-hydrogen) atoms. The fourth-order valence-corrected chi connectivity index (χ4v) is 7.64. The highest BCUT2D eigenvalue weighted by molar-refractivity contribution is 6.05. The average molecular weight is 743 g/mol. The molecule has 0 saturated carbocycles. The number of imidazole rings is 1. The average Bonchev–Trinajstić information content (AvgIpc) is 3.62. The third-order valence-corrected chi connectivity index (χ3v) is 10.4. The number of hydrogen-bond donors (Lipinski definition) is 2. The maximum Gasteiger partial charge on any atom is 0.255 e. The molecular formula is C43H44F2N8O2. The highest BCUT2D eigenvalue weighted by atomic mass is 19.1. The Hall–Kier alpha value is -5.88. The van der Waals surface area contributed by atoms with Gasteiger partial charge in [-0.1, -0.05) is 37.6 Å². The van der Waals surface area contributed by atoms with E-state index in [4.69, 9.17) is 14.7 Å². The Balaban J connectivity index is 1.06. The van der Waals surface area contributed by atoms with Crippen molar-refractivity contribution in [2.75, 3.05) is 48.3 Å². The Morgan fingerprint density at radius 1 is 0.873 bits per heavy atom. The largest absolute Gasteiger partial charge is 0.491 e. The third-order valence-electron chi connectivity index (χ3n) is 10.4. The molecule has 10 nitrogen and oxygen atoms in total. The van der Waals surface area contributed by atoms with Gasteiger partial charge in [0.25, 0.3) is 5.91 Å². The molecule has 0 unspecified atom stereocenters. The van der Waals surface area contributed by atoms with Crippen LogP contribution in [0.3, 0.4) is 0 Å². The van der Waals surface area contributed by atoms with Crippen molar-refractivity contribution in [1.82, 2.24) is 24.3 Å². The summed E-state index contributed by atoms with van der Waals surface area (Å²) in [5.41, 5.74) is 4.77. The van der Waals surface area contributed by atoms with Gasteiger partial charge in [0.15, 0.2) is 0 Å². The summed E-state index contributed by atoms with van der Waals surface area (Å²) in [7, 11) is 0. The molecule has 2 saturated heterocycles. The number of pyridine rings is 1. The fourth-order valence-electron chi connectivity index (χ4n) is 7.64. The van der Waals surface area contributed by atoms with Crippen LogP contribution in [0.5, 0.6) is 5.75 Å². The summed E-state index contributed by atoms with van der Waals surface area (Å²) in [6.45, 7) is 7.17. The minimum absolute atomic E-state index is 0.211. The monoisotopic (exact) mass is 742 g/mol. The Morgan fingerprint density at radius 2 is 1.67 bits per heavy atom. The predicted molar refractivity (Wildman–Crippen MR) is 212 cm³/mol. The molecule has 0 aliphatic carbocycles. The second kappa shape index (κ2) is 16.2. The number of nitrogens with zero attached hydrogens (tertiary/aromatic N) is 6. The van der Waals surface area contributed by atoms with Gasteiger partial charge in [-0.05, 0) is 99.8 Å². The summed E-state index contributed by atoms with van der Waals surface area (Å²) in [4.78, 5) is 32.8. The summed E-state index contributed by atoms with van der Waals surface area (Å²) >= 11 is 0. The molecular weight excluding hydrogens is 699 g/mol. The van der Waals surface area contributed by atoms with Crippen molar-refractivity contribution in [3.63, 3.8) is 0 Å². The number of amides is 1. The standard InChI is InChI=1S/C43H44F2N8O2/c1-2-26-55-37-28-32(52-24-18-31(19-25-52)51-21-5-3-6-22-51)15-16-35(37)47-43-46-20-17-36(48-43)41-39(49-38-14-4-7-23-53(38)41)29-10-8-11-30(27-29)42(54)50-40-33(44)12-9-13-34(40)45/h4,7-17,20,23,27-28,31H,2-3,5-6,18-19,21-22,24-26H2,1H3,(H,50,54)(H,46,47,48). The molecule has 1 amide bonds. The van der Waals surface area contributed by atoms with Crippen LogP contribution in [0.1, 0.15) is 55.8 Å². The van der Waals surface area contributed by atoms with Crippen LogP contribution >= 0.6 is 0 Å². The van der Waals surface area contributed by atoms with Gasteiger partial charge in [-0.2, -0.15) is 0 Å². The van der Waals surface area contributed by atoms with E-state index in [1.807, 2.05) is 47.0 Å². The van der Waals surface area contributed by atoms with Crippen molar-refractivity contribution in [3.05, 3.63) is 115 Å². The van der Waals surface area contributed by atoms with E-state index < -0.39 is 23.2 Å². The summed E-state index contributed by atoms with van der Waals surface area (Å²) in [6.07, 6.45) is 10.8. The number of aromatic nitrogens is 4. The molecule has 2 fully saturated rings.